The zero-order valence-corrected chi connectivity index (χ0v) is 11.3. The molecule has 2 amide bonds. The number of urea groups is 1. The summed E-state index contributed by atoms with van der Waals surface area (Å²) in [6.45, 7) is 4.16. The highest BCUT2D eigenvalue weighted by molar-refractivity contribution is 5.77. The van der Waals surface area contributed by atoms with Crippen LogP contribution in [0.1, 0.15) is 5.82 Å². The number of carbonyl (C=O) groups is 1. The van der Waals surface area contributed by atoms with E-state index in [2.05, 4.69) is 10.3 Å². The molecule has 6 nitrogen and oxygen atoms in total. The molecule has 0 aliphatic carbocycles. The van der Waals surface area contributed by atoms with E-state index in [1.807, 2.05) is 25.1 Å². The number of benzene rings is 1. The fraction of sp³-hybridized carbons (Fsp3) is 0.357. The third-order valence-electron chi connectivity index (χ3n) is 3.59. The summed E-state index contributed by atoms with van der Waals surface area (Å²) in [7, 11) is 0. The molecule has 0 atom stereocenters. The van der Waals surface area contributed by atoms with Crippen LogP contribution in [0, 0.1) is 6.92 Å². The molecule has 1 aromatic carbocycles. The van der Waals surface area contributed by atoms with Gasteiger partial charge in [-0.05, 0) is 19.1 Å². The summed E-state index contributed by atoms with van der Waals surface area (Å²) in [6, 6.07) is 7.25. The maximum atomic E-state index is 12.4. The highest BCUT2D eigenvalue weighted by Crippen LogP contribution is 2.07. The summed E-state index contributed by atoms with van der Waals surface area (Å²) in [5.74, 6) is 0.674. The third-order valence-corrected chi connectivity index (χ3v) is 3.59. The molecule has 1 fully saturated rings. The Morgan fingerprint density at radius 2 is 2.05 bits per heavy atom. The first-order valence-corrected chi connectivity index (χ1v) is 6.66. The second kappa shape index (κ2) is 4.96. The highest BCUT2D eigenvalue weighted by Gasteiger charge is 2.19. The first-order valence-electron chi connectivity index (χ1n) is 6.66. The largest absolute Gasteiger partial charge is 0.336 e. The van der Waals surface area contributed by atoms with E-state index in [1.165, 1.54) is 0 Å². The van der Waals surface area contributed by atoms with Gasteiger partial charge >= 0.3 is 6.03 Å². The predicted molar refractivity (Wildman–Crippen MR) is 75.7 cm³/mol. The molecule has 1 saturated heterocycles. The summed E-state index contributed by atoms with van der Waals surface area (Å²) >= 11 is 0. The Balaban J connectivity index is 1.91. The topological polar surface area (TPSA) is 67.2 Å². The summed E-state index contributed by atoms with van der Waals surface area (Å²) in [4.78, 5) is 30.1. The summed E-state index contributed by atoms with van der Waals surface area (Å²) in [6.07, 6.45) is 0. The van der Waals surface area contributed by atoms with E-state index < -0.39 is 0 Å². The smallest absolute Gasteiger partial charge is 0.317 e. The second-order valence-corrected chi connectivity index (χ2v) is 4.85. The Kier molecular flexibility index (Phi) is 3.14. The van der Waals surface area contributed by atoms with E-state index in [0.717, 1.165) is 0 Å². The average Bonchev–Trinajstić information content (AvgIpc) is 2.84. The molecule has 0 unspecified atom stereocenters. The molecule has 2 aromatic rings. The van der Waals surface area contributed by atoms with Gasteiger partial charge in [0.15, 0.2) is 0 Å². The van der Waals surface area contributed by atoms with Gasteiger partial charge < -0.3 is 10.2 Å². The monoisotopic (exact) mass is 272 g/mol. The van der Waals surface area contributed by atoms with Crippen LogP contribution in [0.4, 0.5) is 4.79 Å². The van der Waals surface area contributed by atoms with Crippen molar-refractivity contribution in [3.63, 3.8) is 0 Å². The summed E-state index contributed by atoms with van der Waals surface area (Å²) in [5, 5.41) is 3.36. The summed E-state index contributed by atoms with van der Waals surface area (Å²) in [5.41, 5.74) is 0.665. The highest BCUT2D eigenvalue weighted by atomic mass is 16.2. The molecule has 1 N–H and O–H groups in total. The molecular formula is C14H16N4O2. The van der Waals surface area contributed by atoms with Crippen molar-refractivity contribution in [2.75, 3.05) is 19.6 Å². The maximum Gasteiger partial charge on any atom is 0.317 e. The van der Waals surface area contributed by atoms with Crippen molar-refractivity contribution >= 4 is 16.9 Å². The normalized spacial score (nSPS) is 14.8. The van der Waals surface area contributed by atoms with Crippen LogP contribution in [0.5, 0.6) is 0 Å². The molecule has 0 bridgehead atoms. The standard InChI is InChI=1S/C14H16N4O2/c1-10-16-12-5-3-2-4-11(12)13(19)18(10)9-8-17-7-6-15-14(17)20/h2-5H,6-9H2,1H3,(H,15,20). The van der Waals surface area contributed by atoms with E-state index in [4.69, 9.17) is 0 Å². The van der Waals surface area contributed by atoms with E-state index in [-0.39, 0.29) is 11.6 Å². The van der Waals surface area contributed by atoms with Crippen molar-refractivity contribution in [3.05, 3.63) is 40.4 Å². The number of nitrogens with one attached hydrogen (secondary N) is 1. The number of aromatic nitrogens is 2. The van der Waals surface area contributed by atoms with Crippen LogP contribution in [-0.4, -0.2) is 40.1 Å². The van der Waals surface area contributed by atoms with E-state index >= 15 is 0 Å². The zero-order chi connectivity index (χ0) is 14.1. The van der Waals surface area contributed by atoms with Crippen molar-refractivity contribution in [1.82, 2.24) is 19.8 Å². The van der Waals surface area contributed by atoms with E-state index in [0.29, 0.717) is 42.9 Å². The lowest BCUT2D eigenvalue weighted by atomic mass is 10.2. The minimum atomic E-state index is -0.0653. The van der Waals surface area contributed by atoms with Gasteiger partial charge in [0, 0.05) is 26.2 Å². The lowest BCUT2D eigenvalue weighted by Crippen LogP contribution is -2.34. The Hall–Kier alpha value is -2.37. The van der Waals surface area contributed by atoms with Crippen LogP contribution in [0.25, 0.3) is 10.9 Å². The molecule has 0 radical (unpaired) electrons. The molecule has 6 heteroatoms. The van der Waals surface area contributed by atoms with Gasteiger partial charge in [-0.1, -0.05) is 12.1 Å². The van der Waals surface area contributed by atoms with Gasteiger partial charge in [-0.25, -0.2) is 9.78 Å². The van der Waals surface area contributed by atoms with Crippen molar-refractivity contribution in [2.24, 2.45) is 0 Å². The fourth-order valence-electron chi connectivity index (χ4n) is 2.49. The first kappa shape index (κ1) is 12.7. The molecule has 1 aromatic heterocycles. The Labute approximate surface area is 116 Å². The van der Waals surface area contributed by atoms with Crippen molar-refractivity contribution in [1.29, 1.82) is 0 Å². The van der Waals surface area contributed by atoms with Crippen molar-refractivity contribution < 1.29 is 4.79 Å². The molecule has 1 aliphatic heterocycles. The fourth-order valence-corrected chi connectivity index (χ4v) is 2.49. The number of hydrogen-bond acceptors (Lipinski definition) is 3. The number of aryl methyl sites for hydroxylation is 1. The van der Waals surface area contributed by atoms with Gasteiger partial charge in [0.2, 0.25) is 0 Å². The van der Waals surface area contributed by atoms with Crippen LogP contribution >= 0.6 is 0 Å². The van der Waals surface area contributed by atoms with Gasteiger partial charge in [-0.3, -0.25) is 9.36 Å². The molecule has 2 heterocycles. The Morgan fingerprint density at radius 1 is 1.25 bits per heavy atom. The van der Waals surface area contributed by atoms with Crippen LogP contribution in [0.3, 0.4) is 0 Å². The maximum absolute atomic E-state index is 12.4. The molecule has 20 heavy (non-hydrogen) atoms. The minimum Gasteiger partial charge on any atom is -0.336 e. The molecular weight excluding hydrogens is 256 g/mol. The lowest BCUT2D eigenvalue weighted by Gasteiger charge is -2.16. The molecule has 104 valence electrons. The minimum absolute atomic E-state index is 0.0484. The van der Waals surface area contributed by atoms with Crippen LogP contribution in [0.15, 0.2) is 29.1 Å². The lowest BCUT2D eigenvalue weighted by molar-refractivity contribution is 0.215. The zero-order valence-electron chi connectivity index (χ0n) is 11.3. The number of carbonyl (C=O) groups excluding carboxylic acids is 1. The van der Waals surface area contributed by atoms with Crippen molar-refractivity contribution in [2.45, 2.75) is 13.5 Å². The number of nitrogens with zero attached hydrogens (tertiary/aromatic N) is 3. The number of amides is 2. The second-order valence-electron chi connectivity index (χ2n) is 4.85. The van der Waals surface area contributed by atoms with Gasteiger partial charge in [0.25, 0.3) is 5.56 Å². The Bertz CT molecular complexity index is 723. The Morgan fingerprint density at radius 3 is 2.80 bits per heavy atom. The van der Waals surface area contributed by atoms with E-state index in [1.54, 1.807) is 15.5 Å². The number of hydrogen-bond donors (Lipinski definition) is 1. The van der Waals surface area contributed by atoms with E-state index in [9.17, 15) is 9.59 Å². The van der Waals surface area contributed by atoms with Crippen molar-refractivity contribution in [3.8, 4) is 0 Å². The van der Waals surface area contributed by atoms with Gasteiger partial charge in [0.05, 0.1) is 10.9 Å². The quantitative estimate of drug-likeness (QED) is 0.895. The van der Waals surface area contributed by atoms with Gasteiger partial charge in [0.1, 0.15) is 5.82 Å². The molecule has 0 spiro atoms. The summed E-state index contributed by atoms with van der Waals surface area (Å²) < 4.78 is 1.63. The molecule has 3 rings (SSSR count). The SMILES string of the molecule is Cc1nc2ccccc2c(=O)n1CCN1CCNC1=O. The number of fused-ring (bicyclic) bond motifs is 1. The van der Waals surface area contributed by atoms with Crippen LogP contribution < -0.4 is 10.9 Å². The molecule has 0 saturated carbocycles. The molecule has 1 aliphatic rings. The number of para-hydroxylation sites is 1. The third kappa shape index (κ3) is 2.13. The number of rotatable bonds is 3. The van der Waals surface area contributed by atoms with Gasteiger partial charge in [-0.2, -0.15) is 0 Å². The van der Waals surface area contributed by atoms with Crippen LogP contribution in [0.2, 0.25) is 0 Å². The van der Waals surface area contributed by atoms with Crippen LogP contribution in [-0.2, 0) is 6.54 Å². The first-order chi connectivity index (χ1) is 9.66. The van der Waals surface area contributed by atoms with Gasteiger partial charge in [-0.15, -0.1) is 0 Å². The average molecular weight is 272 g/mol. The predicted octanol–water partition coefficient (Wildman–Crippen LogP) is 0.730.